The first-order valence-electron chi connectivity index (χ1n) is 5.80. The molecule has 2 aromatic rings. The van der Waals surface area contributed by atoms with Crippen LogP contribution in [-0.2, 0) is 0 Å². The average Bonchev–Trinajstić information content (AvgIpc) is 2.38. The molecule has 100 valence electrons. The van der Waals surface area contributed by atoms with E-state index >= 15 is 0 Å². The van der Waals surface area contributed by atoms with Gasteiger partial charge in [-0.25, -0.2) is 0 Å². The van der Waals surface area contributed by atoms with E-state index in [4.69, 9.17) is 27.9 Å². The molecule has 0 saturated heterocycles. The van der Waals surface area contributed by atoms with Crippen LogP contribution in [0.1, 0.15) is 22.8 Å². The average molecular weight is 297 g/mol. The molecule has 2 nitrogen and oxygen atoms in total. The van der Waals surface area contributed by atoms with Crippen molar-refractivity contribution in [1.29, 1.82) is 0 Å². The van der Waals surface area contributed by atoms with E-state index in [1.165, 1.54) is 0 Å². The normalized spacial score (nSPS) is 12.3. The van der Waals surface area contributed by atoms with Gasteiger partial charge in [0.1, 0.15) is 11.9 Å². The van der Waals surface area contributed by atoms with Gasteiger partial charge in [0.25, 0.3) is 0 Å². The van der Waals surface area contributed by atoms with E-state index < -0.39 is 6.10 Å². The number of halogens is 2. The first-order valence-corrected chi connectivity index (χ1v) is 6.56. The fraction of sp³-hybridized carbons (Fsp3) is 0.200. The van der Waals surface area contributed by atoms with Crippen molar-refractivity contribution in [3.63, 3.8) is 0 Å². The summed E-state index contributed by atoms with van der Waals surface area (Å²) in [7, 11) is 1.55. The smallest absolute Gasteiger partial charge is 0.137 e. The van der Waals surface area contributed by atoms with Crippen LogP contribution in [0.3, 0.4) is 0 Å². The summed E-state index contributed by atoms with van der Waals surface area (Å²) < 4.78 is 5.16. The number of ether oxygens (including phenoxy) is 1. The third-order valence-electron chi connectivity index (χ3n) is 3.02. The van der Waals surface area contributed by atoms with Crippen molar-refractivity contribution < 1.29 is 9.84 Å². The minimum Gasteiger partial charge on any atom is -0.495 e. The first-order chi connectivity index (χ1) is 9.02. The third-order valence-corrected chi connectivity index (χ3v) is 3.56. The number of rotatable bonds is 3. The Kier molecular flexibility index (Phi) is 4.35. The summed E-state index contributed by atoms with van der Waals surface area (Å²) >= 11 is 11.9. The van der Waals surface area contributed by atoms with E-state index in [1.807, 2.05) is 19.1 Å². The minimum atomic E-state index is -0.733. The molecule has 1 N–H and O–H groups in total. The molecule has 0 aliphatic rings. The molecule has 1 atom stereocenters. The van der Waals surface area contributed by atoms with Crippen molar-refractivity contribution in [2.24, 2.45) is 0 Å². The van der Waals surface area contributed by atoms with E-state index in [9.17, 15) is 5.11 Å². The highest BCUT2D eigenvalue weighted by atomic mass is 35.5. The van der Waals surface area contributed by atoms with Gasteiger partial charge >= 0.3 is 0 Å². The van der Waals surface area contributed by atoms with Gasteiger partial charge in [-0.1, -0.05) is 35.3 Å². The molecule has 0 fully saturated rings. The fourth-order valence-corrected chi connectivity index (χ4v) is 2.39. The van der Waals surface area contributed by atoms with E-state index in [1.54, 1.807) is 31.4 Å². The summed E-state index contributed by atoms with van der Waals surface area (Å²) in [6, 6.07) is 10.6. The molecule has 2 aromatic carbocycles. The van der Waals surface area contributed by atoms with Crippen LogP contribution in [-0.4, -0.2) is 12.2 Å². The Balaban J connectivity index is 2.40. The Hall–Kier alpha value is -1.22. The fourth-order valence-electron chi connectivity index (χ4n) is 1.97. The second-order valence-corrected chi connectivity index (χ2v) is 5.14. The number of aliphatic hydroxyl groups is 1. The predicted molar refractivity (Wildman–Crippen MR) is 78.3 cm³/mol. The van der Waals surface area contributed by atoms with Crippen molar-refractivity contribution in [2.75, 3.05) is 7.11 Å². The molecular formula is C15H14Cl2O2. The summed E-state index contributed by atoms with van der Waals surface area (Å²) in [5.74, 6) is 0.546. The Morgan fingerprint density at radius 1 is 1.11 bits per heavy atom. The Morgan fingerprint density at radius 2 is 1.84 bits per heavy atom. The molecular weight excluding hydrogens is 283 g/mol. The summed E-state index contributed by atoms with van der Waals surface area (Å²) in [6.07, 6.45) is -0.733. The van der Waals surface area contributed by atoms with Gasteiger partial charge in [0.05, 0.1) is 12.1 Å². The Bertz CT molecular complexity index is 597. The van der Waals surface area contributed by atoms with Crippen molar-refractivity contribution >= 4 is 23.2 Å². The van der Waals surface area contributed by atoms with Crippen LogP contribution >= 0.6 is 23.2 Å². The summed E-state index contributed by atoms with van der Waals surface area (Å²) in [6.45, 7) is 1.91. The van der Waals surface area contributed by atoms with Crippen LogP contribution in [0.15, 0.2) is 36.4 Å². The lowest BCUT2D eigenvalue weighted by atomic mass is 9.97. The molecule has 0 bridgehead atoms. The number of benzene rings is 2. The first kappa shape index (κ1) is 14.2. The maximum absolute atomic E-state index is 10.4. The molecule has 0 heterocycles. The Morgan fingerprint density at radius 3 is 2.47 bits per heavy atom. The minimum absolute atomic E-state index is 0.520. The molecule has 1 unspecified atom stereocenters. The van der Waals surface area contributed by atoms with Crippen LogP contribution < -0.4 is 4.74 Å². The maximum atomic E-state index is 10.4. The molecule has 0 aromatic heterocycles. The van der Waals surface area contributed by atoms with Crippen molar-refractivity contribution in [3.8, 4) is 5.75 Å². The second kappa shape index (κ2) is 5.83. The van der Waals surface area contributed by atoms with E-state index in [2.05, 4.69) is 0 Å². The number of methoxy groups -OCH3 is 1. The highest BCUT2D eigenvalue weighted by Crippen LogP contribution is 2.32. The topological polar surface area (TPSA) is 29.5 Å². The predicted octanol–water partition coefficient (Wildman–Crippen LogP) is 4.39. The maximum Gasteiger partial charge on any atom is 0.137 e. The molecule has 0 amide bonds. The standard InChI is InChI=1S/C15H14Cl2O2/c1-9-7-11(16)4-5-12(9)15(18)10-3-6-13(17)14(8-10)19-2/h3-8,15,18H,1-2H3. The van der Waals surface area contributed by atoms with E-state index in [0.717, 1.165) is 16.7 Å². The van der Waals surface area contributed by atoms with E-state index in [0.29, 0.717) is 15.8 Å². The largest absolute Gasteiger partial charge is 0.495 e. The van der Waals surface area contributed by atoms with Crippen LogP contribution in [0.4, 0.5) is 0 Å². The molecule has 0 radical (unpaired) electrons. The number of aliphatic hydroxyl groups excluding tert-OH is 1. The zero-order valence-corrected chi connectivity index (χ0v) is 12.2. The highest BCUT2D eigenvalue weighted by Gasteiger charge is 2.15. The van der Waals surface area contributed by atoms with Crippen molar-refractivity contribution in [1.82, 2.24) is 0 Å². The molecule has 0 saturated carbocycles. The molecule has 0 aliphatic heterocycles. The van der Waals surface area contributed by atoms with Gasteiger partial charge in [-0.3, -0.25) is 0 Å². The van der Waals surface area contributed by atoms with Crippen LogP contribution in [0.5, 0.6) is 5.75 Å². The second-order valence-electron chi connectivity index (χ2n) is 4.30. The molecule has 2 rings (SSSR count). The number of hydrogen-bond donors (Lipinski definition) is 1. The van der Waals surface area contributed by atoms with Crippen LogP contribution in [0, 0.1) is 6.92 Å². The lowest BCUT2D eigenvalue weighted by molar-refractivity contribution is 0.219. The Labute approximate surface area is 122 Å². The molecule has 0 aliphatic carbocycles. The van der Waals surface area contributed by atoms with Gasteiger partial charge < -0.3 is 9.84 Å². The monoisotopic (exact) mass is 296 g/mol. The van der Waals surface area contributed by atoms with E-state index in [-0.39, 0.29) is 0 Å². The van der Waals surface area contributed by atoms with Gasteiger partial charge in [-0.15, -0.1) is 0 Å². The number of hydrogen-bond acceptors (Lipinski definition) is 2. The van der Waals surface area contributed by atoms with Crippen molar-refractivity contribution in [3.05, 3.63) is 63.1 Å². The third kappa shape index (κ3) is 3.03. The summed E-state index contributed by atoms with van der Waals surface area (Å²) in [5.41, 5.74) is 2.48. The summed E-state index contributed by atoms with van der Waals surface area (Å²) in [5, 5.41) is 11.6. The van der Waals surface area contributed by atoms with Gasteiger partial charge in [0, 0.05) is 5.02 Å². The molecule has 0 spiro atoms. The van der Waals surface area contributed by atoms with Crippen molar-refractivity contribution in [2.45, 2.75) is 13.0 Å². The zero-order valence-electron chi connectivity index (χ0n) is 10.7. The van der Waals surface area contributed by atoms with Gasteiger partial charge in [-0.05, 0) is 47.9 Å². The lowest BCUT2D eigenvalue weighted by Crippen LogP contribution is -2.02. The molecule has 4 heteroatoms. The van der Waals surface area contributed by atoms with Gasteiger partial charge in [-0.2, -0.15) is 0 Å². The zero-order chi connectivity index (χ0) is 14.0. The SMILES string of the molecule is COc1cc(C(O)c2ccc(Cl)cc2C)ccc1Cl. The quantitative estimate of drug-likeness (QED) is 0.910. The van der Waals surface area contributed by atoms with Crippen LogP contribution in [0.2, 0.25) is 10.0 Å². The van der Waals surface area contributed by atoms with Gasteiger partial charge in [0.2, 0.25) is 0 Å². The lowest BCUT2D eigenvalue weighted by Gasteiger charge is -2.15. The van der Waals surface area contributed by atoms with Crippen LogP contribution in [0.25, 0.3) is 0 Å². The number of aryl methyl sites for hydroxylation is 1. The molecule has 19 heavy (non-hydrogen) atoms. The van der Waals surface area contributed by atoms with Gasteiger partial charge in [0.15, 0.2) is 0 Å². The summed E-state index contributed by atoms with van der Waals surface area (Å²) in [4.78, 5) is 0. The highest BCUT2D eigenvalue weighted by molar-refractivity contribution is 6.32.